The first-order valence-corrected chi connectivity index (χ1v) is 13.2. The van der Waals surface area contributed by atoms with Crippen molar-refractivity contribution >= 4 is 16.8 Å². The molecule has 3 N–H and O–H groups in total. The summed E-state index contributed by atoms with van der Waals surface area (Å²) < 4.78 is 11.1. The number of ether oxygens (including phenoxy) is 1. The lowest BCUT2D eigenvalue weighted by Gasteiger charge is -2.41. The molecule has 4 heterocycles. The number of carbonyl (C=O) groups excluding carboxylic acids is 1. The number of piperidine rings is 2. The number of aliphatic hydroxyl groups is 1. The van der Waals surface area contributed by atoms with Gasteiger partial charge in [0.15, 0.2) is 0 Å². The van der Waals surface area contributed by atoms with E-state index in [2.05, 4.69) is 33.9 Å². The molecule has 2 aliphatic heterocycles. The van der Waals surface area contributed by atoms with Crippen molar-refractivity contribution in [3.8, 4) is 5.75 Å². The van der Waals surface area contributed by atoms with Gasteiger partial charge in [0, 0.05) is 61.3 Å². The molecule has 2 aliphatic rings. The number of aromatic nitrogens is 1. The number of hydrogen-bond donors (Lipinski definition) is 3. The highest BCUT2D eigenvalue weighted by atomic mass is 16.5. The second kappa shape index (κ2) is 11.1. The van der Waals surface area contributed by atoms with Crippen molar-refractivity contribution in [2.45, 2.75) is 57.9 Å². The summed E-state index contributed by atoms with van der Waals surface area (Å²) in [5.41, 5.74) is 2.40. The highest BCUT2D eigenvalue weighted by molar-refractivity contribution is 5.99. The predicted octanol–water partition coefficient (Wildman–Crippen LogP) is 3.63. The average molecular weight is 495 g/mol. The Bertz CT molecular complexity index is 1140. The minimum Gasteiger partial charge on any atom is -0.488 e. The van der Waals surface area contributed by atoms with E-state index in [1.807, 2.05) is 30.3 Å². The standard InChI is InChI=1S/C28H38N4O4/c1-19-15-32(12-8-26(19)33)20(2)16-31-10-6-22(7-11-31)29-28(34)25-14-23-24(30-25)4-3-5-27(23)36-18-21-9-13-35-17-21/h3-5,9,13-14,17,19-20,22,26,30,33H,6-8,10-12,15-16,18H2,1-2H3,(H,29,34)/t19-,20+,26-/m1/s1. The molecule has 8 nitrogen and oxygen atoms in total. The maximum absolute atomic E-state index is 13.0. The van der Waals surface area contributed by atoms with Gasteiger partial charge in [0.25, 0.3) is 5.91 Å². The summed E-state index contributed by atoms with van der Waals surface area (Å²) in [7, 11) is 0. The second-order valence-electron chi connectivity index (χ2n) is 10.5. The number of fused-ring (bicyclic) bond motifs is 1. The molecule has 5 rings (SSSR count). The van der Waals surface area contributed by atoms with Gasteiger partial charge in [-0.05, 0) is 56.4 Å². The van der Waals surface area contributed by atoms with E-state index in [9.17, 15) is 9.90 Å². The molecule has 194 valence electrons. The van der Waals surface area contributed by atoms with Crippen LogP contribution in [0.15, 0.2) is 47.3 Å². The number of benzene rings is 1. The van der Waals surface area contributed by atoms with Crippen LogP contribution in [-0.2, 0) is 6.61 Å². The summed E-state index contributed by atoms with van der Waals surface area (Å²) in [6, 6.07) is 10.2. The van der Waals surface area contributed by atoms with Crippen molar-refractivity contribution in [1.82, 2.24) is 20.1 Å². The third kappa shape index (κ3) is 5.77. The Morgan fingerprint density at radius 3 is 2.83 bits per heavy atom. The molecule has 0 aliphatic carbocycles. The van der Waals surface area contributed by atoms with Gasteiger partial charge in [0.05, 0.1) is 18.6 Å². The number of nitrogens with zero attached hydrogens (tertiary/aromatic N) is 2. The smallest absolute Gasteiger partial charge is 0.267 e. The Kier molecular flexibility index (Phi) is 7.65. The first-order chi connectivity index (χ1) is 17.5. The Morgan fingerprint density at radius 2 is 2.08 bits per heavy atom. The van der Waals surface area contributed by atoms with Crippen LogP contribution in [0.25, 0.3) is 10.9 Å². The summed E-state index contributed by atoms with van der Waals surface area (Å²) in [5, 5.41) is 14.1. The number of likely N-dealkylation sites (tertiary alicyclic amines) is 2. The Morgan fingerprint density at radius 1 is 1.25 bits per heavy atom. The van der Waals surface area contributed by atoms with E-state index >= 15 is 0 Å². The van der Waals surface area contributed by atoms with Gasteiger partial charge in [-0.2, -0.15) is 0 Å². The van der Waals surface area contributed by atoms with Crippen LogP contribution in [0.3, 0.4) is 0 Å². The van der Waals surface area contributed by atoms with Crippen molar-refractivity contribution in [3.05, 3.63) is 54.1 Å². The number of hydrogen-bond acceptors (Lipinski definition) is 6. The number of rotatable bonds is 8. The van der Waals surface area contributed by atoms with E-state index in [0.717, 1.165) is 74.2 Å². The van der Waals surface area contributed by atoms with Crippen molar-refractivity contribution in [2.75, 3.05) is 32.7 Å². The molecule has 36 heavy (non-hydrogen) atoms. The van der Waals surface area contributed by atoms with Crippen LogP contribution in [0.1, 0.15) is 49.2 Å². The third-order valence-corrected chi connectivity index (χ3v) is 7.80. The lowest BCUT2D eigenvalue weighted by Crippen LogP contribution is -2.52. The van der Waals surface area contributed by atoms with Crippen LogP contribution in [0, 0.1) is 5.92 Å². The van der Waals surface area contributed by atoms with Crippen molar-refractivity contribution < 1.29 is 19.1 Å². The van der Waals surface area contributed by atoms with E-state index in [4.69, 9.17) is 9.15 Å². The number of aliphatic hydroxyl groups excluding tert-OH is 1. The lowest BCUT2D eigenvalue weighted by molar-refractivity contribution is 0.0115. The molecule has 0 radical (unpaired) electrons. The van der Waals surface area contributed by atoms with Gasteiger partial charge in [0.2, 0.25) is 0 Å². The maximum Gasteiger partial charge on any atom is 0.267 e. The van der Waals surface area contributed by atoms with Crippen LogP contribution < -0.4 is 10.1 Å². The number of amides is 1. The molecule has 1 amide bonds. The SMILES string of the molecule is C[C@@H]1CN([C@@H](C)CN2CCC(NC(=O)c3cc4c(OCc5ccoc5)cccc4[nH]3)CC2)CC[C@H]1O. The fourth-order valence-corrected chi connectivity index (χ4v) is 5.49. The molecule has 0 bridgehead atoms. The van der Waals surface area contributed by atoms with Gasteiger partial charge in [-0.1, -0.05) is 13.0 Å². The normalized spacial score (nSPS) is 23.1. The van der Waals surface area contributed by atoms with Gasteiger partial charge < -0.3 is 29.5 Å². The van der Waals surface area contributed by atoms with Crippen molar-refractivity contribution in [3.63, 3.8) is 0 Å². The van der Waals surface area contributed by atoms with Crippen molar-refractivity contribution in [2.24, 2.45) is 5.92 Å². The van der Waals surface area contributed by atoms with E-state index in [0.29, 0.717) is 24.3 Å². The minimum absolute atomic E-state index is 0.0698. The summed E-state index contributed by atoms with van der Waals surface area (Å²) in [5.74, 6) is 1.01. The molecule has 8 heteroatoms. The molecule has 2 saturated heterocycles. The van der Waals surface area contributed by atoms with E-state index in [-0.39, 0.29) is 18.1 Å². The number of aromatic amines is 1. The Hall–Kier alpha value is -2.81. The largest absolute Gasteiger partial charge is 0.488 e. The first kappa shape index (κ1) is 24.9. The van der Waals surface area contributed by atoms with Crippen molar-refractivity contribution in [1.29, 1.82) is 0 Å². The van der Waals surface area contributed by atoms with E-state index in [1.54, 1.807) is 12.5 Å². The highest BCUT2D eigenvalue weighted by Gasteiger charge is 2.29. The molecule has 3 atom stereocenters. The van der Waals surface area contributed by atoms with E-state index < -0.39 is 0 Å². The highest BCUT2D eigenvalue weighted by Crippen LogP contribution is 2.27. The summed E-state index contributed by atoms with van der Waals surface area (Å²) >= 11 is 0. The lowest BCUT2D eigenvalue weighted by atomic mass is 9.95. The zero-order valence-electron chi connectivity index (χ0n) is 21.3. The molecule has 2 fully saturated rings. The van der Waals surface area contributed by atoms with Crippen LogP contribution in [-0.4, -0.2) is 76.7 Å². The molecule has 0 spiro atoms. The Labute approximate surface area is 212 Å². The number of carbonyl (C=O) groups is 1. The van der Waals surface area contributed by atoms with Gasteiger partial charge in [-0.15, -0.1) is 0 Å². The summed E-state index contributed by atoms with van der Waals surface area (Å²) in [4.78, 5) is 21.3. The topological polar surface area (TPSA) is 94.0 Å². The summed E-state index contributed by atoms with van der Waals surface area (Å²) in [6.45, 7) is 9.79. The van der Waals surface area contributed by atoms with Crippen LogP contribution in [0.5, 0.6) is 5.75 Å². The number of H-pyrrole nitrogens is 1. The average Bonchev–Trinajstić information content (AvgIpc) is 3.56. The Balaban J connectivity index is 1.12. The van der Waals surface area contributed by atoms with Crippen LogP contribution >= 0.6 is 0 Å². The molecule has 0 saturated carbocycles. The third-order valence-electron chi connectivity index (χ3n) is 7.80. The zero-order chi connectivity index (χ0) is 25.1. The number of nitrogens with one attached hydrogen (secondary N) is 2. The molecule has 0 unspecified atom stereocenters. The monoisotopic (exact) mass is 494 g/mol. The van der Waals surface area contributed by atoms with Gasteiger partial charge in [-0.3, -0.25) is 9.69 Å². The van der Waals surface area contributed by atoms with Crippen LogP contribution in [0.2, 0.25) is 0 Å². The predicted molar refractivity (Wildman–Crippen MR) is 139 cm³/mol. The molecule has 2 aromatic heterocycles. The zero-order valence-corrected chi connectivity index (χ0v) is 21.3. The molecule has 3 aromatic rings. The van der Waals surface area contributed by atoms with Crippen LogP contribution in [0.4, 0.5) is 0 Å². The minimum atomic E-state index is -0.161. The van der Waals surface area contributed by atoms with Gasteiger partial charge in [-0.25, -0.2) is 0 Å². The van der Waals surface area contributed by atoms with Gasteiger partial charge >= 0.3 is 0 Å². The van der Waals surface area contributed by atoms with Gasteiger partial charge in [0.1, 0.15) is 18.1 Å². The van der Waals surface area contributed by atoms with E-state index in [1.165, 1.54) is 0 Å². The maximum atomic E-state index is 13.0. The molecular weight excluding hydrogens is 456 g/mol. The summed E-state index contributed by atoms with van der Waals surface area (Å²) in [6.07, 6.45) is 5.91. The molecule has 1 aromatic carbocycles. The first-order valence-electron chi connectivity index (χ1n) is 13.2. The molecular formula is C28H38N4O4. The fraction of sp³-hybridized carbons (Fsp3) is 0.536. The fourth-order valence-electron chi connectivity index (χ4n) is 5.49. The second-order valence-corrected chi connectivity index (χ2v) is 10.5. The number of furan rings is 1. The quantitative estimate of drug-likeness (QED) is 0.443.